The minimum absolute atomic E-state index is 0.297. The molecule has 1 aliphatic carbocycles. The second kappa shape index (κ2) is 3.81. The van der Waals surface area contributed by atoms with Crippen LogP contribution < -0.4 is 10.0 Å². The first-order valence-corrected chi connectivity index (χ1v) is 5.56. The lowest BCUT2D eigenvalue weighted by molar-refractivity contribution is -0.255. The average Bonchev–Trinajstić information content (AvgIpc) is 3.04. The minimum Gasteiger partial charge on any atom is -0.545 e. The van der Waals surface area contributed by atoms with Crippen molar-refractivity contribution in [2.75, 3.05) is 11.9 Å². The van der Waals surface area contributed by atoms with E-state index in [1.807, 2.05) is 19.9 Å². The maximum atomic E-state index is 10.9. The zero-order chi connectivity index (χ0) is 11.9. The molecule has 2 rings (SSSR count). The molecular formula is C13H16NO2-. The molecular weight excluding hydrogens is 202 g/mol. The van der Waals surface area contributed by atoms with Crippen molar-refractivity contribution >= 4 is 11.7 Å². The molecule has 0 aromatic heterocycles. The summed E-state index contributed by atoms with van der Waals surface area (Å²) in [6, 6.07) is 4.16. The predicted octanol–water partition coefficient (Wildman–Crippen LogP) is 1.27. The molecule has 1 saturated carbocycles. The van der Waals surface area contributed by atoms with E-state index in [1.54, 1.807) is 6.07 Å². The first-order chi connectivity index (χ1) is 7.52. The maximum Gasteiger partial charge on any atom is 0.0718 e. The Balaban J connectivity index is 2.41. The van der Waals surface area contributed by atoms with E-state index in [0.29, 0.717) is 11.6 Å². The summed E-state index contributed by atoms with van der Waals surface area (Å²) in [7, 11) is 2.07. The van der Waals surface area contributed by atoms with Gasteiger partial charge in [0.05, 0.1) is 5.97 Å². The zero-order valence-electron chi connectivity index (χ0n) is 9.91. The van der Waals surface area contributed by atoms with Crippen LogP contribution in [0.5, 0.6) is 0 Å². The molecule has 16 heavy (non-hydrogen) atoms. The Labute approximate surface area is 95.7 Å². The lowest BCUT2D eigenvalue weighted by atomic mass is 10.0. The van der Waals surface area contributed by atoms with Gasteiger partial charge in [0.1, 0.15) is 0 Å². The molecule has 86 valence electrons. The number of anilines is 1. The summed E-state index contributed by atoms with van der Waals surface area (Å²) in [4.78, 5) is 13.1. The van der Waals surface area contributed by atoms with Crippen LogP contribution in [0.25, 0.3) is 0 Å². The molecule has 3 heteroatoms. The van der Waals surface area contributed by atoms with Gasteiger partial charge >= 0.3 is 0 Å². The SMILES string of the molecule is Cc1c(C(=O)[O-])ccc(N(C)C2CC2)c1C. The van der Waals surface area contributed by atoms with E-state index in [0.717, 1.165) is 16.8 Å². The number of carboxylic acids is 1. The summed E-state index contributed by atoms with van der Waals surface area (Å²) < 4.78 is 0. The highest BCUT2D eigenvalue weighted by Gasteiger charge is 2.27. The van der Waals surface area contributed by atoms with Crippen LogP contribution in [0.2, 0.25) is 0 Å². The van der Waals surface area contributed by atoms with Gasteiger partial charge in [-0.1, -0.05) is 6.07 Å². The van der Waals surface area contributed by atoms with Crippen molar-refractivity contribution in [3.05, 3.63) is 28.8 Å². The number of rotatable bonds is 3. The van der Waals surface area contributed by atoms with Crippen LogP contribution in [0, 0.1) is 13.8 Å². The fraction of sp³-hybridized carbons (Fsp3) is 0.462. The number of benzene rings is 1. The summed E-state index contributed by atoms with van der Waals surface area (Å²) >= 11 is 0. The number of nitrogens with zero attached hydrogens (tertiary/aromatic N) is 1. The van der Waals surface area contributed by atoms with Crippen molar-refractivity contribution < 1.29 is 9.90 Å². The molecule has 0 N–H and O–H groups in total. The first-order valence-electron chi connectivity index (χ1n) is 5.56. The monoisotopic (exact) mass is 218 g/mol. The summed E-state index contributed by atoms with van der Waals surface area (Å²) in [5.74, 6) is -1.10. The molecule has 1 aromatic rings. The van der Waals surface area contributed by atoms with Gasteiger partial charge in [0, 0.05) is 24.3 Å². The Bertz CT molecular complexity index is 436. The van der Waals surface area contributed by atoms with Gasteiger partial charge in [0.2, 0.25) is 0 Å². The third-order valence-electron chi connectivity index (χ3n) is 3.45. The first kappa shape index (κ1) is 11.0. The molecule has 1 aromatic carbocycles. The van der Waals surface area contributed by atoms with Crippen molar-refractivity contribution in [2.45, 2.75) is 32.7 Å². The Hall–Kier alpha value is -1.51. The summed E-state index contributed by atoms with van der Waals surface area (Å²) in [5, 5.41) is 10.9. The van der Waals surface area contributed by atoms with E-state index in [1.165, 1.54) is 12.8 Å². The Morgan fingerprint density at radius 2 is 1.94 bits per heavy atom. The summed E-state index contributed by atoms with van der Waals surface area (Å²) in [6.45, 7) is 3.81. The molecule has 1 fully saturated rings. The van der Waals surface area contributed by atoms with Gasteiger partial charge < -0.3 is 14.8 Å². The van der Waals surface area contributed by atoms with Crippen molar-refractivity contribution in [3.8, 4) is 0 Å². The molecule has 0 radical (unpaired) electrons. The van der Waals surface area contributed by atoms with Crippen molar-refractivity contribution in [2.24, 2.45) is 0 Å². The largest absolute Gasteiger partial charge is 0.545 e. The molecule has 0 saturated heterocycles. The van der Waals surface area contributed by atoms with Crippen LogP contribution in [-0.4, -0.2) is 19.1 Å². The smallest absolute Gasteiger partial charge is 0.0718 e. The van der Waals surface area contributed by atoms with Crippen LogP contribution in [0.15, 0.2) is 12.1 Å². The number of carboxylic acid groups (broad SMARTS) is 1. The van der Waals surface area contributed by atoms with Crippen LogP contribution in [0.1, 0.15) is 34.3 Å². The van der Waals surface area contributed by atoms with Gasteiger partial charge in [-0.05, 0) is 43.9 Å². The zero-order valence-corrected chi connectivity index (χ0v) is 9.91. The fourth-order valence-corrected chi connectivity index (χ4v) is 2.07. The number of carbonyl (C=O) groups excluding carboxylic acids is 1. The second-order valence-electron chi connectivity index (χ2n) is 4.51. The van der Waals surface area contributed by atoms with Gasteiger partial charge in [-0.25, -0.2) is 0 Å². The Morgan fingerprint density at radius 1 is 1.31 bits per heavy atom. The molecule has 0 aliphatic heterocycles. The number of hydrogen-bond acceptors (Lipinski definition) is 3. The number of carbonyl (C=O) groups is 1. The lowest BCUT2D eigenvalue weighted by Crippen LogP contribution is -2.25. The summed E-state index contributed by atoms with van der Waals surface area (Å²) in [6.07, 6.45) is 2.47. The van der Waals surface area contributed by atoms with Crippen LogP contribution >= 0.6 is 0 Å². The second-order valence-corrected chi connectivity index (χ2v) is 4.51. The number of hydrogen-bond donors (Lipinski definition) is 0. The fourth-order valence-electron chi connectivity index (χ4n) is 2.07. The van der Waals surface area contributed by atoms with E-state index in [2.05, 4.69) is 11.9 Å². The molecule has 0 unspecified atom stereocenters. The van der Waals surface area contributed by atoms with Gasteiger partial charge in [-0.3, -0.25) is 0 Å². The third-order valence-corrected chi connectivity index (χ3v) is 3.45. The number of aromatic carboxylic acids is 1. The van der Waals surface area contributed by atoms with Crippen LogP contribution in [-0.2, 0) is 0 Å². The quantitative estimate of drug-likeness (QED) is 0.767. The third kappa shape index (κ3) is 1.77. The van der Waals surface area contributed by atoms with Gasteiger partial charge in [0.15, 0.2) is 0 Å². The van der Waals surface area contributed by atoms with E-state index < -0.39 is 5.97 Å². The highest BCUT2D eigenvalue weighted by atomic mass is 16.4. The highest BCUT2D eigenvalue weighted by molar-refractivity contribution is 5.89. The molecule has 0 bridgehead atoms. The molecule has 0 amide bonds. The van der Waals surface area contributed by atoms with Gasteiger partial charge in [-0.15, -0.1) is 0 Å². The topological polar surface area (TPSA) is 43.4 Å². The molecule has 0 spiro atoms. The highest BCUT2D eigenvalue weighted by Crippen LogP contribution is 2.33. The standard InChI is InChI=1S/C13H17NO2/c1-8-9(2)12(14(3)10-4-5-10)7-6-11(8)13(15)16/h6-7,10H,4-5H2,1-3H3,(H,15,16)/p-1. The maximum absolute atomic E-state index is 10.9. The van der Waals surface area contributed by atoms with Crippen molar-refractivity contribution in [1.82, 2.24) is 0 Å². The average molecular weight is 218 g/mol. The van der Waals surface area contributed by atoms with E-state index in [9.17, 15) is 9.90 Å². The van der Waals surface area contributed by atoms with Gasteiger partial charge in [0.25, 0.3) is 0 Å². The Kier molecular flexibility index (Phi) is 2.62. The molecule has 0 heterocycles. The van der Waals surface area contributed by atoms with E-state index in [-0.39, 0.29) is 0 Å². The van der Waals surface area contributed by atoms with E-state index in [4.69, 9.17) is 0 Å². The normalized spacial score (nSPS) is 14.9. The summed E-state index contributed by atoms with van der Waals surface area (Å²) in [5.41, 5.74) is 3.27. The van der Waals surface area contributed by atoms with Crippen LogP contribution in [0.3, 0.4) is 0 Å². The van der Waals surface area contributed by atoms with Gasteiger partial charge in [-0.2, -0.15) is 0 Å². The van der Waals surface area contributed by atoms with Crippen LogP contribution in [0.4, 0.5) is 5.69 Å². The molecule has 3 nitrogen and oxygen atoms in total. The lowest BCUT2D eigenvalue weighted by Gasteiger charge is -2.23. The molecule has 1 aliphatic rings. The predicted molar refractivity (Wildman–Crippen MR) is 61.7 cm³/mol. The van der Waals surface area contributed by atoms with E-state index >= 15 is 0 Å². The minimum atomic E-state index is -1.10. The van der Waals surface area contributed by atoms with Crippen molar-refractivity contribution in [3.63, 3.8) is 0 Å². The van der Waals surface area contributed by atoms with Crippen molar-refractivity contribution in [1.29, 1.82) is 0 Å². The molecule has 0 atom stereocenters. The Morgan fingerprint density at radius 3 is 2.44 bits per heavy atom.